The normalized spacial score (nSPS) is 18.6. The molecule has 0 spiro atoms. The molecule has 1 atom stereocenters. The molecule has 0 aliphatic carbocycles. The lowest BCUT2D eigenvalue weighted by Gasteiger charge is -2.24. The van der Waals surface area contributed by atoms with Crippen LogP contribution in [0.25, 0.3) is 0 Å². The number of carbonyl (C=O) groups excluding carboxylic acids is 1. The van der Waals surface area contributed by atoms with Gasteiger partial charge in [-0.05, 0) is 31.2 Å². The van der Waals surface area contributed by atoms with Gasteiger partial charge in [-0.1, -0.05) is 13.8 Å². The van der Waals surface area contributed by atoms with E-state index in [2.05, 4.69) is 13.8 Å². The van der Waals surface area contributed by atoms with Crippen molar-refractivity contribution in [2.45, 2.75) is 33.1 Å². The van der Waals surface area contributed by atoms with Gasteiger partial charge in [0.2, 0.25) is 5.91 Å². The molecule has 1 fully saturated rings. The van der Waals surface area contributed by atoms with Gasteiger partial charge in [-0.25, -0.2) is 0 Å². The Morgan fingerprint density at radius 1 is 1.19 bits per heavy atom. The Hall–Kier alpha value is -1.14. The molecule has 1 aliphatic rings. The fourth-order valence-corrected chi connectivity index (χ4v) is 2.88. The van der Waals surface area contributed by atoms with E-state index in [1.165, 1.54) is 0 Å². The molecular weight excluding hydrogens is 270 g/mol. The van der Waals surface area contributed by atoms with Gasteiger partial charge in [-0.2, -0.15) is 0 Å². The van der Waals surface area contributed by atoms with Crippen molar-refractivity contribution in [1.29, 1.82) is 0 Å². The van der Waals surface area contributed by atoms with E-state index >= 15 is 0 Å². The van der Waals surface area contributed by atoms with Crippen LogP contribution in [-0.2, 0) is 9.59 Å². The van der Waals surface area contributed by atoms with Gasteiger partial charge in [0.25, 0.3) is 0 Å². The predicted molar refractivity (Wildman–Crippen MR) is 81.9 cm³/mol. The van der Waals surface area contributed by atoms with Crippen LogP contribution < -0.4 is 5.73 Å². The minimum Gasteiger partial charge on any atom is -0.480 e. The van der Waals surface area contributed by atoms with Crippen molar-refractivity contribution in [2.24, 2.45) is 17.6 Å². The predicted octanol–water partition coefficient (Wildman–Crippen LogP) is 0.616. The first-order valence-electron chi connectivity index (χ1n) is 7.84. The van der Waals surface area contributed by atoms with E-state index in [9.17, 15) is 9.59 Å². The lowest BCUT2D eigenvalue weighted by atomic mass is 9.94. The zero-order valence-electron chi connectivity index (χ0n) is 13.3. The van der Waals surface area contributed by atoms with Gasteiger partial charge < -0.3 is 15.7 Å². The van der Waals surface area contributed by atoms with Crippen molar-refractivity contribution in [3.8, 4) is 0 Å². The second kappa shape index (κ2) is 9.00. The summed E-state index contributed by atoms with van der Waals surface area (Å²) >= 11 is 0. The zero-order chi connectivity index (χ0) is 15.8. The summed E-state index contributed by atoms with van der Waals surface area (Å²) in [6, 6.07) is 0. The smallest absolute Gasteiger partial charge is 0.317 e. The number of carbonyl (C=O) groups is 2. The third kappa shape index (κ3) is 6.91. The molecule has 0 saturated carbocycles. The Balaban J connectivity index is 2.45. The molecule has 1 heterocycles. The van der Waals surface area contributed by atoms with Crippen molar-refractivity contribution >= 4 is 11.9 Å². The average Bonchev–Trinajstić information content (AvgIpc) is 2.62. The number of aliphatic carboxylic acids is 1. The van der Waals surface area contributed by atoms with Crippen molar-refractivity contribution in [2.75, 3.05) is 39.3 Å². The van der Waals surface area contributed by atoms with Gasteiger partial charge in [-0.3, -0.25) is 14.5 Å². The molecule has 21 heavy (non-hydrogen) atoms. The zero-order valence-corrected chi connectivity index (χ0v) is 13.3. The Morgan fingerprint density at radius 2 is 1.90 bits per heavy atom. The third-order valence-electron chi connectivity index (χ3n) is 3.90. The summed E-state index contributed by atoms with van der Waals surface area (Å²) in [5, 5.41) is 8.83. The van der Waals surface area contributed by atoms with Gasteiger partial charge in [0.1, 0.15) is 0 Å². The maximum Gasteiger partial charge on any atom is 0.317 e. The summed E-state index contributed by atoms with van der Waals surface area (Å²) in [5.74, 6) is 0.135. The van der Waals surface area contributed by atoms with Gasteiger partial charge >= 0.3 is 5.97 Å². The summed E-state index contributed by atoms with van der Waals surface area (Å²) in [6.45, 7) is 7.59. The summed E-state index contributed by atoms with van der Waals surface area (Å²) in [4.78, 5) is 26.9. The largest absolute Gasteiger partial charge is 0.480 e. The fraction of sp³-hybridized carbons (Fsp3) is 0.867. The van der Waals surface area contributed by atoms with Gasteiger partial charge in [-0.15, -0.1) is 0 Å². The van der Waals surface area contributed by atoms with Crippen molar-refractivity contribution in [1.82, 2.24) is 9.80 Å². The number of rotatable bonds is 7. The van der Waals surface area contributed by atoms with Gasteiger partial charge in [0, 0.05) is 32.6 Å². The Morgan fingerprint density at radius 3 is 2.48 bits per heavy atom. The number of hydrogen-bond donors (Lipinski definition) is 2. The number of nitrogens with two attached hydrogens (primary N) is 1. The monoisotopic (exact) mass is 299 g/mol. The van der Waals surface area contributed by atoms with Gasteiger partial charge in [0.15, 0.2) is 0 Å². The topological polar surface area (TPSA) is 86.9 Å². The van der Waals surface area contributed by atoms with Crippen LogP contribution in [0.4, 0.5) is 0 Å². The summed E-state index contributed by atoms with van der Waals surface area (Å²) in [5.41, 5.74) is 5.76. The number of amides is 1. The van der Waals surface area contributed by atoms with Crippen LogP contribution in [0.2, 0.25) is 0 Å². The number of hydrogen-bond acceptors (Lipinski definition) is 4. The Kier molecular flexibility index (Phi) is 7.67. The molecule has 0 aromatic carbocycles. The van der Waals surface area contributed by atoms with Crippen LogP contribution in [0.3, 0.4) is 0 Å². The van der Waals surface area contributed by atoms with Crippen LogP contribution >= 0.6 is 0 Å². The Bertz CT molecular complexity index is 347. The van der Waals surface area contributed by atoms with Crippen LogP contribution in [0, 0.1) is 11.8 Å². The highest BCUT2D eigenvalue weighted by atomic mass is 16.4. The van der Waals surface area contributed by atoms with Gasteiger partial charge in [0.05, 0.1) is 6.54 Å². The molecule has 1 saturated heterocycles. The van der Waals surface area contributed by atoms with E-state index < -0.39 is 5.97 Å². The maximum absolute atomic E-state index is 12.4. The van der Waals surface area contributed by atoms with Crippen molar-refractivity contribution in [3.63, 3.8) is 0 Å². The van der Waals surface area contributed by atoms with Crippen molar-refractivity contribution < 1.29 is 14.7 Å². The molecule has 0 aromatic rings. The minimum absolute atomic E-state index is 0.0564. The summed E-state index contributed by atoms with van der Waals surface area (Å²) in [7, 11) is 0. The molecule has 1 aliphatic heterocycles. The van der Waals surface area contributed by atoms with E-state index in [1.54, 1.807) is 0 Å². The first-order chi connectivity index (χ1) is 9.92. The quantitative estimate of drug-likeness (QED) is 0.719. The van der Waals surface area contributed by atoms with Crippen LogP contribution in [0.1, 0.15) is 33.1 Å². The highest BCUT2D eigenvalue weighted by Gasteiger charge is 2.22. The molecule has 0 radical (unpaired) electrons. The molecule has 0 bridgehead atoms. The molecule has 122 valence electrons. The summed E-state index contributed by atoms with van der Waals surface area (Å²) < 4.78 is 0. The number of carboxylic acid groups (broad SMARTS) is 1. The minimum atomic E-state index is -0.810. The lowest BCUT2D eigenvalue weighted by Crippen LogP contribution is -2.38. The average molecular weight is 299 g/mol. The molecule has 1 rings (SSSR count). The van der Waals surface area contributed by atoms with E-state index in [0.29, 0.717) is 38.5 Å². The standard InChI is InChI=1S/C15H29N3O3/c1-12(2)8-13(10-16)9-14(19)18-5-3-4-17(6-7-18)11-15(20)21/h12-13H,3-11,16H2,1-2H3,(H,20,21). The van der Waals surface area contributed by atoms with Crippen LogP contribution in [-0.4, -0.2) is 66.1 Å². The number of nitrogens with zero attached hydrogens (tertiary/aromatic N) is 2. The third-order valence-corrected chi connectivity index (χ3v) is 3.90. The first-order valence-corrected chi connectivity index (χ1v) is 7.84. The second-order valence-corrected chi connectivity index (χ2v) is 6.34. The molecular formula is C15H29N3O3. The maximum atomic E-state index is 12.4. The highest BCUT2D eigenvalue weighted by molar-refractivity contribution is 5.76. The van der Waals surface area contributed by atoms with E-state index in [4.69, 9.17) is 10.8 Å². The molecule has 1 amide bonds. The summed E-state index contributed by atoms with van der Waals surface area (Å²) in [6.07, 6.45) is 2.31. The number of carboxylic acids is 1. The molecule has 6 nitrogen and oxygen atoms in total. The first kappa shape index (κ1) is 17.9. The molecule has 6 heteroatoms. The molecule has 0 aromatic heterocycles. The van der Waals surface area contributed by atoms with E-state index in [-0.39, 0.29) is 18.4 Å². The highest BCUT2D eigenvalue weighted by Crippen LogP contribution is 2.16. The molecule has 3 N–H and O–H groups in total. The van der Waals surface area contributed by atoms with E-state index in [1.807, 2.05) is 9.80 Å². The second-order valence-electron chi connectivity index (χ2n) is 6.34. The Labute approximate surface area is 127 Å². The van der Waals surface area contributed by atoms with Crippen LogP contribution in [0.5, 0.6) is 0 Å². The fourth-order valence-electron chi connectivity index (χ4n) is 2.88. The van der Waals surface area contributed by atoms with Crippen molar-refractivity contribution in [3.05, 3.63) is 0 Å². The SMILES string of the molecule is CC(C)CC(CN)CC(=O)N1CCCN(CC(=O)O)CC1. The molecule has 1 unspecified atom stereocenters. The lowest BCUT2D eigenvalue weighted by molar-refractivity contribution is -0.138. The van der Waals surface area contributed by atoms with Crippen LogP contribution in [0.15, 0.2) is 0 Å². The van der Waals surface area contributed by atoms with E-state index in [0.717, 1.165) is 19.4 Å².